The molecule has 2 aliphatic heterocycles. The number of benzene rings is 1. The second-order valence-corrected chi connectivity index (χ2v) is 6.10. The third-order valence-corrected chi connectivity index (χ3v) is 4.56. The van der Waals surface area contributed by atoms with Crippen molar-refractivity contribution in [2.24, 2.45) is 0 Å². The Morgan fingerprint density at radius 2 is 1.65 bits per heavy atom. The monoisotopic (exact) mass is 273 g/mol. The van der Waals surface area contributed by atoms with Crippen molar-refractivity contribution >= 4 is 11.4 Å². The predicted molar refractivity (Wildman–Crippen MR) is 86.8 cm³/mol. The fourth-order valence-corrected chi connectivity index (χ4v) is 3.36. The first kappa shape index (κ1) is 13.7. The fraction of sp³-hybridized carbons (Fsp3) is 0.647. The molecule has 110 valence electrons. The van der Waals surface area contributed by atoms with Gasteiger partial charge >= 0.3 is 0 Å². The maximum Gasteiger partial charge on any atom is 0.0368 e. The first-order valence-electron chi connectivity index (χ1n) is 8.20. The van der Waals surface area contributed by atoms with E-state index >= 15 is 0 Å². The van der Waals surface area contributed by atoms with Crippen LogP contribution in [0.2, 0.25) is 0 Å². The van der Waals surface area contributed by atoms with E-state index in [0.717, 1.165) is 13.1 Å². The summed E-state index contributed by atoms with van der Waals surface area (Å²) in [5.41, 5.74) is 2.78. The standard InChI is InChI=1S/C17H27N3/c1-2-10-18-15-9-13-20(14-15)17-7-5-16(6-8-17)19-11-3-4-12-19/h5-8,15,18H,2-4,9-14H2,1H3. The molecule has 0 radical (unpaired) electrons. The minimum Gasteiger partial charge on any atom is -0.372 e. The summed E-state index contributed by atoms with van der Waals surface area (Å²) in [6, 6.07) is 9.88. The molecule has 0 aromatic heterocycles. The highest BCUT2D eigenvalue weighted by atomic mass is 15.2. The van der Waals surface area contributed by atoms with Gasteiger partial charge in [0.25, 0.3) is 0 Å². The van der Waals surface area contributed by atoms with E-state index < -0.39 is 0 Å². The zero-order valence-corrected chi connectivity index (χ0v) is 12.6. The topological polar surface area (TPSA) is 18.5 Å². The Labute approximate surface area is 123 Å². The van der Waals surface area contributed by atoms with Gasteiger partial charge in [-0.15, -0.1) is 0 Å². The van der Waals surface area contributed by atoms with Gasteiger partial charge in [-0.25, -0.2) is 0 Å². The van der Waals surface area contributed by atoms with E-state index in [0.29, 0.717) is 6.04 Å². The van der Waals surface area contributed by atoms with Crippen LogP contribution >= 0.6 is 0 Å². The van der Waals surface area contributed by atoms with Crippen molar-refractivity contribution < 1.29 is 0 Å². The molecule has 1 N–H and O–H groups in total. The van der Waals surface area contributed by atoms with Gasteiger partial charge < -0.3 is 15.1 Å². The summed E-state index contributed by atoms with van der Waals surface area (Å²) in [5, 5.41) is 3.64. The predicted octanol–water partition coefficient (Wildman–Crippen LogP) is 2.87. The molecule has 0 amide bonds. The SMILES string of the molecule is CCCNC1CCN(c2ccc(N3CCCC3)cc2)C1. The lowest BCUT2D eigenvalue weighted by molar-refractivity contribution is 0.549. The molecule has 0 spiro atoms. The van der Waals surface area contributed by atoms with Crippen molar-refractivity contribution in [3.05, 3.63) is 24.3 Å². The van der Waals surface area contributed by atoms with E-state index in [1.54, 1.807) is 0 Å². The van der Waals surface area contributed by atoms with Crippen LogP contribution in [-0.2, 0) is 0 Å². The van der Waals surface area contributed by atoms with Gasteiger partial charge in [-0.1, -0.05) is 6.92 Å². The Balaban J connectivity index is 1.58. The van der Waals surface area contributed by atoms with Crippen LogP contribution in [0.15, 0.2) is 24.3 Å². The maximum atomic E-state index is 3.64. The smallest absolute Gasteiger partial charge is 0.0368 e. The Kier molecular flexibility index (Phi) is 4.46. The van der Waals surface area contributed by atoms with Gasteiger partial charge in [0, 0.05) is 43.6 Å². The van der Waals surface area contributed by atoms with Crippen molar-refractivity contribution in [2.75, 3.05) is 42.5 Å². The van der Waals surface area contributed by atoms with E-state index in [1.165, 1.54) is 56.7 Å². The third-order valence-electron chi connectivity index (χ3n) is 4.56. The number of anilines is 2. The van der Waals surface area contributed by atoms with Crippen molar-refractivity contribution in [2.45, 2.75) is 38.6 Å². The van der Waals surface area contributed by atoms with E-state index in [1.807, 2.05) is 0 Å². The van der Waals surface area contributed by atoms with E-state index in [2.05, 4.69) is 46.3 Å². The van der Waals surface area contributed by atoms with Gasteiger partial charge in [0.15, 0.2) is 0 Å². The molecule has 2 saturated heterocycles. The fourth-order valence-electron chi connectivity index (χ4n) is 3.36. The van der Waals surface area contributed by atoms with Crippen LogP contribution < -0.4 is 15.1 Å². The molecular formula is C17H27N3. The highest BCUT2D eigenvalue weighted by Crippen LogP contribution is 2.25. The molecule has 2 aliphatic rings. The average molecular weight is 273 g/mol. The zero-order valence-electron chi connectivity index (χ0n) is 12.6. The summed E-state index contributed by atoms with van der Waals surface area (Å²) >= 11 is 0. The molecule has 20 heavy (non-hydrogen) atoms. The number of nitrogens with one attached hydrogen (secondary N) is 1. The first-order valence-corrected chi connectivity index (χ1v) is 8.20. The highest BCUT2D eigenvalue weighted by Gasteiger charge is 2.22. The quantitative estimate of drug-likeness (QED) is 0.890. The van der Waals surface area contributed by atoms with Crippen LogP contribution in [0.1, 0.15) is 32.6 Å². The molecule has 3 heteroatoms. The maximum absolute atomic E-state index is 3.64. The van der Waals surface area contributed by atoms with Crippen LogP contribution in [0.3, 0.4) is 0 Å². The van der Waals surface area contributed by atoms with Gasteiger partial charge in [0.2, 0.25) is 0 Å². The largest absolute Gasteiger partial charge is 0.372 e. The summed E-state index contributed by atoms with van der Waals surface area (Å²) in [7, 11) is 0. The van der Waals surface area contributed by atoms with Crippen molar-refractivity contribution in [3.8, 4) is 0 Å². The summed E-state index contributed by atoms with van der Waals surface area (Å²) in [6.07, 6.45) is 5.19. The Morgan fingerprint density at radius 1 is 1.00 bits per heavy atom. The first-order chi connectivity index (χ1) is 9.86. The van der Waals surface area contributed by atoms with Crippen LogP contribution in [0, 0.1) is 0 Å². The van der Waals surface area contributed by atoms with E-state index in [-0.39, 0.29) is 0 Å². The van der Waals surface area contributed by atoms with Gasteiger partial charge in [0.1, 0.15) is 0 Å². The summed E-state index contributed by atoms with van der Waals surface area (Å²) in [6.45, 7) is 8.18. The molecule has 0 bridgehead atoms. The second-order valence-electron chi connectivity index (χ2n) is 6.10. The van der Waals surface area contributed by atoms with Crippen molar-refractivity contribution in [1.82, 2.24) is 5.32 Å². The number of nitrogens with zero attached hydrogens (tertiary/aromatic N) is 2. The molecule has 2 heterocycles. The Hall–Kier alpha value is -1.22. The second kappa shape index (κ2) is 6.49. The molecule has 0 saturated carbocycles. The highest BCUT2D eigenvalue weighted by molar-refractivity contribution is 5.57. The van der Waals surface area contributed by atoms with Crippen LogP contribution in [-0.4, -0.2) is 38.8 Å². The minimum atomic E-state index is 0.674. The summed E-state index contributed by atoms with van der Waals surface area (Å²) in [4.78, 5) is 5.01. The normalized spacial score (nSPS) is 22.8. The molecule has 2 fully saturated rings. The number of hydrogen-bond donors (Lipinski definition) is 1. The van der Waals surface area contributed by atoms with Gasteiger partial charge in [-0.2, -0.15) is 0 Å². The van der Waals surface area contributed by atoms with Gasteiger partial charge in [-0.3, -0.25) is 0 Å². The lowest BCUT2D eigenvalue weighted by Crippen LogP contribution is -2.32. The molecule has 1 unspecified atom stereocenters. The molecule has 3 rings (SSSR count). The van der Waals surface area contributed by atoms with Gasteiger partial charge in [0.05, 0.1) is 0 Å². The zero-order chi connectivity index (χ0) is 13.8. The summed E-state index contributed by atoms with van der Waals surface area (Å²) < 4.78 is 0. The van der Waals surface area contributed by atoms with Crippen LogP contribution in [0.5, 0.6) is 0 Å². The molecule has 0 aliphatic carbocycles. The van der Waals surface area contributed by atoms with Crippen LogP contribution in [0.4, 0.5) is 11.4 Å². The minimum absolute atomic E-state index is 0.674. The molecular weight excluding hydrogens is 246 g/mol. The van der Waals surface area contributed by atoms with Crippen molar-refractivity contribution in [3.63, 3.8) is 0 Å². The molecule has 3 nitrogen and oxygen atoms in total. The van der Waals surface area contributed by atoms with Gasteiger partial charge in [-0.05, 0) is 56.5 Å². The molecule has 1 aromatic carbocycles. The molecule has 1 atom stereocenters. The third kappa shape index (κ3) is 3.09. The number of rotatable bonds is 5. The lowest BCUT2D eigenvalue weighted by atomic mass is 10.2. The Bertz CT molecular complexity index is 409. The van der Waals surface area contributed by atoms with E-state index in [9.17, 15) is 0 Å². The van der Waals surface area contributed by atoms with Crippen molar-refractivity contribution in [1.29, 1.82) is 0 Å². The van der Waals surface area contributed by atoms with Crippen LogP contribution in [0.25, 0.3) is 0 Å². The lowest BCUT2D eigenvalue weighted by Gasteiger charge is -2.22. The van der Waals surface area contributed by atoms with E-state index in [4.69, 9.17) is 0 Å². The summed E-state index contributed by atoms with van der Waals surface area (Å²) in [5.74, 6) is 0. The molecule has 1 aromatic rings. The average Bonchev–Trinajstić information content (AvgIpc) is 3.17. The Morgan fingerprint density at radius 3 is 2.30 bits per heavy atom. The number of hydrogen-bond acceptors (Lipinski definition) is 3.